The summed E-state index contributed by atoms with van der Waals surface area (Å²) in [6.07, 6.45) is 13.4. The minimum atomic E-state index is -0.637. The third-order valence-corrected chi connectivity index (χ3v) is 11.0. The van der Waals surface area contributed by atoms with Crippen molar-refractivity contribution in [2.24, 2.45) is 45.3 Å². The van der Waals surface area contributed by atoms with E-state index in [1.165, 1.54) is 25.7 Å². The van der Waals surface area contributed by atoms with Gasteiger partial charge in [-0.25, -0.2) is 0 Å². The van der Waals surface area contributed by atoms with Crippen LogP contribution in [0, 0.1) is 45.3 Å². The highest BCUT2D eigenvalue weighted by Gasteiger charge is 2.62. The fraction of sp³-hybridized carbons (Fsp3) is 0.923. The Labute approximate surface area is 182 Å². The van der Waals surface area contributed by atoms with Gasteiger partial charge >= 0.3 is 11.9 Å². The number of fused-ring (bicyclic) bond motifs is 4. The summed E-state index contributed by atoms with van der Waals surface area (Å²) < 4.78 is 0. The molecule has 30 heavy (non-hydrogen) atoms. The summed E-state index contributed by atoms with van der Waals surface area (Å²) in [5, 5.41) is 19.9. The molecular formula is C26H42O4. The highest BCUT2D eigenvalue weighted by molar-refractivity contribution is 5.71. The lowest BCUT2D eigenvalue weighted by atomic mass is 9.39. The van der Waals surface area contributed by atoms with E-state index in [9.17, 15) is 19.8 Å². The monoisotopic (exact) mass is 418 g/mol. The van der Waals surface area contributed by atoms with Crippen LogP contribution in [0.3, 0.4) is 0 Å². The van der Waals surface area contributed by atoms with Gasteiger partial charge in [-0.15, -0.1) is 0 Å². The molecule has 0 radical (unpaired) electrons. The van der Waals surface area contributed by atoms with Crippen LogP contribution in [0.2, 0.25) is 0 Å². The van der Waals surface area contributed by atoms with E-state index in [0.29, 0.717) is 11.8 Å². The smallest absolute Gasteiger partial charge is 0.306 e. The maximum Gasteiger partial charge on any atom is 0.306 e. The maximum absolute atomic E-state index is 12.1. The van der Waals surface area contributed by atoms with Gasteiger partial charge in [-0.3, -0.25) is 9.59 Å². The molecule has 4 nitrogen and oxygen atoms in total. The van der Waals surface area contributed by atoms with E-state index in [0.717, 1.165) is 51.4 Å². The molecule has 170 valence electrons. The molecule has 0 aromatic heterocycles. The molecule has 0 heterocycles. The van der Waals surface area contributed by atoms with Crippen LogP contribution in [0.25, 0.3) is 0 Å². The molecule has 4 aliphatic rings. The average molecular weight is 419 g/mol. The Hall–Kier alpha value is -1.06. The predicted molar refractivity (Wildman–Crippen MR) is 117 cm³/mol. The van der Waals surface area contributed by atoms with Crippen molar-refractivity contribution in [3.63, 3.8) is 0 Å². The first kappa shape index (κ1) is 22.1. The molecule has 4 aliphatic carbocycles. The molecule has 0 aromatic rings. The van der Waals surface area contributed by atoms with Crippen molar-refractivity contribution in [3.05, 3.63) is 0 Å². The standard InChI is InChI=1S/C26H42O4/c1-17(21(27)28)25-9-5-7-19(13-25)11-23(3,15-25)24(4)12-20-8-6-10-26(14-20,16-24)18(2)22(29)30/h17-20H,5-16H2,1-4H3,(H,27,28)(H,29,30). The normalized spacial score (nSPS) is 47.9. The number of carboxylic acid groups (broad SMARTS) is 2. The molecule has 2 N–H and O–H groups in total. The zero-order valence-corrected chi connectivity index (χ0v) is 19.5. The first-order valence-corrected chi connectivity index (χ1v) is 12.4. The Morgan fingerprint density at radius 1 is 0.733 bits per heavy atom. The lowest BCUT2D eigenvalue weighted by molar-refractivity contribution is -0.176. The number of carboxylic acids is 2. The SMILES string of the molecule is CC(C(=O)O)C12CCCC(C1)CC(C)(C1(C)CC3CCCC(C(C)C(=O)O)(C3)C1)C2. The Bertz CT molecular complexity index is 658. The number of hydrogen-bond donors (Lipinski definition) is 2. The minimum absolute atomic E-state index is 0.0805. The van der Waals surface area contributed by atoms with Crippen LogP contribution in [0.4, 0.5) is 0 Å². The van der Waals surface area contributed by atoms with Crippen molar-refractivity contribution in [2.75, 3.05) is 0 Å². The van der Waals surface area contributed by atoms with E-state index in [-0.39, 0.29) is 33.5 Å². The van der Waals surface area contributed by atoms with E-state index < -0.39 is 11.9 Å². The summed E-state index contributed by atoms with van der Waals surface area (Å²) in [6, 6.07) is 0. The van der Waals surface area contributed by atoms with E-state index in [4.69, 9.17) is 0 Å². The van der Waals surface area contributed by atoms with Crippen molar-refractivity contribution in [2.45, 2.75) is 105 Å². The zero-order valence-electron chi connectivity index (χ0n) is 19.5. The Morgan fingerprint density at radius 3 is 1.43 bits per heavy atom. The summed E-state index contributed by atoms with van der Waals surface area (Å²) in [5.74, 6) is -0.600. The first-order chi connectivity index (χ1) is 13.9. The molecule has 0 amide bonds. The minimum Gasteiger partial charge on any atom is -0.481 e. The van der Waals surface area contributed by atoms with Crippen molar-refractivity contribution in [1.82, 2.24) is 0 Å². The van der Waals surface area contributed by atoms with Crippen LogP contribution >= 0.6 is 0 Å². The molecule has 0 spiro atoms. The number of aliphatic carboxylic acids is 2. The van der Waals surface area contributed by atoms with Gasteiger partial charge in [0.25, 0.3) is 0 Å². The van der Waals surface area contributed by atoms with Crippen molar-refractivity contribution in [1.29, 1.82) is 0 Å². The second-order valence-electron chi connectivity index (χ2n) is 12.7. The van der Waals surface area contributed by atoms with Crippen molar-refractivity contribution >= 4 is 11.9 Å². The third kappa shape index (κ3) is 3.32. The van der Waals surface area contributed by atoms with Crippen LogP contribution in [0.5, 0.6) is 0 Å². The molecule has 4 fully saturated rings. The molecule has 4 heteroatoms. The van der Waals surface area contributed by atoms with Gasteiger partial charge in [0.15, 0.2) is 0 Å². The molecule has 0 aromatic carbocycles. The maximum atomic E-state index is 12.1. The van der Waals surface area contributed by atoms with Gasteiger partial charge in [-0.2, -0.15) is 0 Å². The van der Waals surface area contributed by atoms with E-state index >= 15 is 0 Å². The van der Waals surface area contributed by atoms with E-state index in [1.807, 2.05) is 13.8 Å². The zero-order chi connectivity index (χ0) is 21.9. The summed E-state index contributed by atoms with van der Waals surface area (Å²) in [5.41, 5.74) is 0.0326. The Kier molecular flexibility index (Phi) is 5.34. The van der Waals surface area contributed by atoms with Crippen LogP contribution in [-0.4, -0.2) is 22.2 Å². The summed E-state index contributed by atoms with van der Waals surface area (Å²) in [4.78, 5) is 24.1. The van der Waals surface area contributed by atoms with Gasteiger partial charge in [0.2, 0.25) is 0 Å². The number of carbonyl (C=O) groups is 2. The fourth-order valence-electron chi connectivity index (χ4n) is 9.22. The van der Waals surface area contributed by atoms with Gasteiger partial charge < -0.3 is 10.2 Å². The topological polar surface area (TPSA) is 74.6 Å². The summed E-state index contributed by atoms with van der Waals surface area (Å²) in [6.45, 7) is 8.80. The molecule has 0 aliphatic heterocycles. The highest BCUT2D eigenvalue weighted by Crippen LogP contribution is 2.70. The molecule has 4 saturated carbocycles. The summed E-state index contributed by atoms with van der Waals surface area (Å²) >= 11 is 0. The lowest BCUT2D eigenvalue weighted by Gasteiger charge is -2.65. The van der Waals surface area contributed by atoms with E-state index in [2.05, 4.69) is 13.8 Å². The molecule has 0 saturated heterocycles. The lowest BCUT2D eigenvalue weighted by Crippen LogP contribution is -2.57. The van der Waals surface area contributed by atoms with Gasteiger partial charge in [0, 0.05) is 0 Å². The average Bonchev–Trinajstić information content (AvgIpc) is 2.65. The second-order valence-corrected chi connectivity index (χ2v) is 12.7. The molecule has 8 atom stereocenters. The second kappa shape index (κ2) is 7.24. The quantitative estimate of drug-likeness (QED) is 0.543. The largest absolute Gasteiger partial charge is 0.481 e. The number of rotatable bonds is 5. The molecule has 4 bridgehead atoms. The molecule has 4 rings (SSSR count). The van der Waals surface area contributed by atoms with Gasteiger partial charge in [-0.05, 0) is 84.9 Å². The fourth-order valence-corrected chi connectivity index (χ4v) is 9.22. The van der Waals surface area contributed by atoms with Crippen LogP contribution in [-0.2, 0) is 9.59 Å². The third-order valence-electron chi connectivity index (χ3n) is 11.0. The van der Waals surface area contributed by atoms with Gasteiger partial charge in [0.1, 0.15) is 0 Å². The van der Waals surface area contributed by atoms with Gasteiger partial charge in [-0.1, -0.05) is 53.4 Å². The van der Waals surface area contributed by atoms with E-state index in [1.54, 1.807) is 0 Å². The van der Waals surface area contributed by atoms with Crippen LogP contribution in [0.1, 0.15) is 105 Å². The highest BCUT2D eigenvalue weighted by atomic mass is 16.4. The van der Waals surface area contributed by atoms with Crippen molar-refractivity contribution in [3.8, 4) is 0 Å². The van der Waals surface area contributed by atoms with Crippen LogP contribution < -0.4 is 0 Å². The molecule has 8 unspecified atom stereocenters. The number of hydrogen-bond acceptors (Lipinski definition) is 2. The Balaban J connectivity index is 1.70. The van der Waals surface area contributed by atoms with Crippen molar-refractivity contribution < 1.29 is 19.8 Å². The Morgan fingerprint density at radius 2 is 1.10 bits per heavy atom. The molecular weight excluding hydrogens is 376 g/mol. The predicted octanol–water partition coefficient (Wildman–Crippen LogP) is 6.38. The van der Waals surface area contributed by atoms with Crippen LogP contribution in [0.15, 0.2) is 0 Å². The van der Waals surface area contributed by atoms with Gasteiger partial charge in [0.05, 0.1) is 11.8 Å². The summed E-state index contributed by atoms with van der Waals surface area (Å²) in [7, 11) is 0. The first-order valence-electron chi connectivity index (χ1n) is 12.4.